The molecule has 2 N–H and O–H groups in total. The van der Waals surface area contributed by atoms with Gasteiger partial charge in [-0.1, -0.05) is 23.2 Å². The fourth-order valence-corrected chi connectivity index (χ4v) is 1.41. The van der Waals surface area contributed by atoms with Crippen LogP contribution in [0.15, 0.2) is 6.07 Å². The highest BCUT2D eigenvalue weighted by molar-refractivity contribution is 6.33. The maximum Gasteiger partial charge on any atom is 0.303 e. The van der Waals surface area contributed by atoms with Gasteiger partial charge in [0.05, 0.1) is 5.69 Å². The van der Waals surface area contributed by atoms with Gasteiger partial charge in [0, 0.05) is 19.0 Å². The van der Waals surface area contributed by atoms with Crippen LogP contribution >= 0.6 is 23.2 Å². The average molecular weight is 264 g/mol. The number of aliphatic carboxylic acids is 1. The molecule has 0 atom stereocenters. The third-order valence-corrected chi connectivity index (χ3v) is 2.32. The zero-order valence-corrected chi connectivity index (χ0v) is 9.92. The van der Waals surface area contributed by atoms with Crippen LogP contribution in [0.2, 0.25) is 10.3 Å². The number of nitrogens with one attached hydrogen (secondary N) is 1. The van der Waals surface area contributed by atoms with Crippen molar-refractivity contribution in [3.63, 3.8) is 0 Å². The number of rotatable bonds is 6. The second kappa shape index (κ2) is 6.50. The van der Waals surface area contributed by atoms with Crippen molar-refractivity contribution in [2.45, 2.75) is 19.3 Å². The van der Waals surface area contributed by atoms with Crippen molar-refractivity contribution in [2.24, 2.45) is 0 Å². The Hall–Kier alpha value is -1.07. The molecule has 7 heteroatoms. The smallest absolute Gasteiger partial charge is 0.303 e. The first-order valence-electron chi connectivity index (χ1n) is 4.74. The monoisotopic (exact) mass is 263 g/mol. The molecule has 0 spiro atoms. The molecule has 0 aromatic carbocycles. The summed E-state index contributed by atoms with van der Waals surface area (Å²) in [4.78, 5) is 10.3. The number of carbonyl (C=O) groups is 1. The molecule has 1 heterocycles. The van der Waals surface area contributed by atoms with Crippen LogP contribution in [0.3, 0.4) is 0 Å². The van der Waals surface area contributed by atoms with E-state index in [1.54, 1.807) is 6.07 Å². The minimum absolute atomic E-state index is 0.171. The normalized spacial score (nSPS) is 10.1. The number of hydrogen-bond donors (Lipinski definition) is 2. The number of anilines is 1. The van der Waals surface area contributed by atoms with E-state index in [1.165, 1.54) is 0 Å². The van der Waals surface area contributed by atoms with Gasteiger partial charge in [0.2, 0.25) is 0 Å². The van der Waals surface area contributed by atoms with Gasteiger partial charge in [0.15, 0.2) is 10.3 Å². The highest BCUT2D eigenvalue weighted by atomic mass is 35.5. The molecular formula is C9H11Cl2N3O2. The van der Waals surface area contributed by atoms with Crippen LogP contribution in [-0.2, 0) is 4.79 Å². The summed E-state index contributed by atoms with van der Waals surface area (Å²) in [6.07, 6.45) is 1.53. The van der Waals surface area contributed by atoms with E-state index in [-0.39, 0.29) is 16.7 Å². The third kappa shape index (κ3) is 4.63. The van der Waals surface area contributed by atoms with E-state index in [1.807, 2.05) is 0 Å². The molecule has 0 bridgehead atoms. The molecule has 1 aromatic rings. The number of aromatic nitrogens is 2. The van der Waals surface area contributed by atoms with E-state index in [2.05, 4.69) is 15.5 Å². The summed E-state index contributed by atoms with van der Waals surface area (Å²) in [6, 6.07) is 1.58. The van der Waals surface area contributed by atoms with Gasteiger partial charge in [-0.15, -0.1) is 10.2 Å². The van der Waals surface area contributed by atoms with Crippen LogP contribution in [0.25, 0.3) is 0 Å². The largest absolute Gasteiger partial charge is 0.481 e. The summed E-state index contributed by atoms with van der Waals surface area (Å²) >= 11 is 11.4. The van der Waals surface area contributed by atoms with Gasteiger partial charge in [-0.05, 0) is 12.8 Å². The first-order valence-corrected chi connectivity index (χ1v) is 5.49. The molecule has 1 rings (SSSR count). The van der Waals surface area contributed by atoms with E-state index in [4.69, 9.17) is 28.3 Å². The predicted molar refractivity (Wildman–Crippen MR) is 62.0 cm³/mol. The second-order valence-corrected chi connectivity index (χ2v) is 3.89. The van der Waals surface area contributed by atoms with Gasteiger partial charge in [0.1, 0.15) is 0 Å². The fourth-order valence-electron chi connectivity index (χ4n) is 1.10. The first-order chi connectivity index (χ1) is 7.59. The predicted octanol–water partition coefficient (Wildman–Crippen LogP) is 2.45. The Balaban J connectivity index is 2.31. The number of unbranched alkanes of at least 4 members (excludes halogenated alkanes) is 1. The van der Waals surface area contributed by atoms with Crippen LogP contribution < -0.4 is 5.32 Å². The Labute approximate surface area is 103 Å². The first kappa shape index (κ1) is 13.0. The van der Waals surface area contributed by atoms with Crippen LogP contribution in [0, 0.1) is 0 Å². The van der Waals surface area contributed by atoms with Crippen LogP contribution in [-0.4, -0.2) is 27.8 Å². The van der Waals surface area contributed by atoms with E-state index >= 15 is 0 Å². The van der Waals surface area contributed by atoms with Crippen molar-refractivity contribution < 1.29 is 9.90 Å². The molecule has 0 saturated carbocycles. The number of carboxylic acid groups (broad SMARTS) is 1. The topological polar surface area (TPSA) is 75.1 Å². The number of carboxylic acids is 1. The van der Waals surface area contributed by atoms with Crippen molar-refractivity contribution in [3.05, 3.63) is 16.4 Å². The molecule has 1 aromatic heterocycles. The van der Waals surface area contributed by atoms with E-state index in [9.17, 15) is 4.79 Å². The fraction of sp³-hybridized carbons (Fsp3) is 0.444. The van der Waals surface area contributed by atoms with Gasteiger partial charge in [0.25, 0.3) is 0 Å². The van der Waals surface area contributed by atoms with Crippen molar-refractivity contribution in [2.75, 3.05) is 11.9 Å². The van der Waals surface area contributed by atoms with Gasteiger partial charge < -0.3 is 10.4 Å². The maximum absolute atomic E-state index is 10.3. The highest BCUT2D eigenvalue weighted by Crippen LogP contribution is 2.20. The lowest BCUT2D eigenvalue weighted by atomic mass is 10.2. The van der Waals surface area contributed by atoms with E-state index in [0.717, 1.165) is 6.42 Å². The Morgan fingerprint density at radius 2 is 2.12 bits per heavy atom. The van der Waals surface area contributed by atoms with Crippen molar-refractivity contribution >= 4 is 34.9 Å². The second-order valence-electron chi connectivity index (χ2n) is 3.15. The molecule has 0 aliphatic carbocycles. The summed E-state index contributed by atoms with van der Waals surface area (Å²) in [5.41, 5.74) is 0.608. The van der Waals surface area contributed by atoms with Gasteiger partial charge in [-0.3, -0.25) is 4.79 Å². The summed E-state index contributed by atoms with van der Waals surface area (Å²) in [6.45, 7) is 0.620. The van der Waals surface area contributed by atoms with Crippen LogP contribution in [0.4, 0.5) is 5.69 Å². The van der Waals surface area contributed by atoms with E-state index in [0.29, 0.717) is 18.7 Å². The number of nitrogens with zero attached hydrogens (tertiary/aromatic N) is 2. The molecule has 0 fully saturated rings. The molecule has 88 valence electrons. The molecule has 0 aliphatic heterocycles. The third-order valence-electron chi connectivity index (χ3n) is 1.85. The van der Waals surface area contributed by atoms with Crippen LogP contribution in [0.1, 0.15) is 19.3 Å². The average Bonchev–Trinajstić information content (AvgIpc) is 2.22. The minimum Gasteiger partial charge on any atom is -0.481 e. The molecule has 0 radical (unpaired) electrons. The van der Waals surface area contributed by atoms with Crippen molar-refractivity contribution in [1.82, 2.24) is 10.2 Å². The highest BCUT2D eigenvalue weighted by Gasteiger charge is 2.03. The molecule has 0 unspecified atom stereocenters. The lowest BCUT2D eigenvalue weighted by Gasteiger charge is -2.06. The van der Waals surface area contributed by atoms with Crippen molar-refractivity contribution in [3.8, 4) is 0 Å². The maximum atomic E-state index is 10.3. The SMILES string of the molecule is O=C(O)CCCCNc1cc(Cl)nnc1Cl. The molecule has 0 aliphatic rings. The molecule has 16 heavy (non-hydrogen) atoms. The Morgan fingerprint density at radius 1 is 1.38 bits per heavy atom. The summed E-state index contributed by atoms with van der Waals surface area (Å²) in [5, 5.41) is 19.2. The molecular weight excluding hydrogens is 253 g/mol. The number of halogens is 2. The molecule has 5 nitrogen and oxygen atoms in total. The minimum atomic E-state index is -0.786. The Morgan fingerprint density at radius 3 is 2.81 bits per heavy atom. The van der Waals surface area contributed by atoms with Crippen molar-refractivity contribution in [1.29, 1.82) is 0 Å². The van der Waals surface area contributed by atoms with Gasteiger partial charge in [-0.2, -0.15) is 0 Å². The molecule has 0 amide bonds. The standard InChI is InChI=1S/C9H11Cl2N3O2/c10-7-5-6(9(11)14-13-7)12-4-2-1-3-8(15)16/h5H,1-4H2,(H,12,13)(H,15,16). The number of hydrogen-bond acceptors (Lipinski definition) is 4. The van der Waals surface area contributed by atoms with Crippen LogP contribution in [0.5, 0.6) is 0 Å². The quantitative estimate of drug-likeness (QED) is 0.772. The van der Waals surface area contributed by atoms with Gasteiger partial charge in [-0.25, -0.2) is 0 Å². The lowest BCUT2D eigenvalue weighted by Crippen LogP contribution is -2.04. The lowest BCUT2D eigenvalue weighted by molar-refractivity contribution is -0.137. The summed E-state index contributed by atoms with van der Waals surface area (Å²) in [5.74, 6) is -0.786. The Bertz CT molecular complexity index is 374. The molecule has 0 saturated heterocycles. The zero-order valence-electron chi connectivity index (χ0n) is 8.41. The zero-order chi connectivity index (χ0) is 12.0. The Kier molecular flexibility index (Phi) is 5.28. The van der Waals surface area contributed by atoms with E-state index < -0.39 is 5.97 Å². The summed E-state index contributed by atoms with van der Waals surface area (Å²) < 4.78 is 0. The van der Waals surface area contributed by atoms with Gasteiger partial charge >= 0.3 is 5.97 Å². The summed E-state index contributed by atoms with van der Waals surface area (Å²) in [7, 11) is 0.